The maximum absolute atomic E-state index is 12.4. The average Bonchev–Trinajstić information content (AvgIpc) is 3.33. The first-order valence-corrected chi connectivity index (χ1v) is 9.84. The van der Waals surface area contributed by atoms with E-state index in [9.17, 15) is 13.2 Å². The van der Waals surface area contributed by atoms with Gasteiger partial charge in [0.25, 0.3) is 5.91 Å². The lowest BCUT2D eigenvalue weighted by Gasteiger charge is -2.12. The van der Waals surface area contributed by atoms with Gasteiger partial charge in [-0.15, -0.1) is 0 Å². The van der Waals surface area contributed by atoms with Crippen LogP contribution in [0.15, 0.2) is 41.8 Å². The zero-order valence-electron chi connectivity index (χ0n) is 14.2. The molecule has 0 saturated carbocycles. The number of nitrogens with zero attached hydrogens (tertiary/aromatic N) is 3. The monoisotopic (exact) mass is 379 g/mol. The molecule has 0 radical (unpaired) electrons. The highest BCUT2D eigenvalue weighted by Gasteiger charge is 2.20. The largest absolute Gasteiger partial charge is 0.379 e. The van der Waals surface area contributed by atoms with Crippen LogP contribution in [0.2, 0.25) is 0 Å². The number of hydrogen-bond donors (Lipinski definition) is 2. The number of ether oxygens (including phenoxy) is 1. The Morgan fingerprint density at radius 2 is 2.27 bits per heavy atom. The molecule has 2 heterocycles. The van der Waals surface area contributed by atoms with Gasteiger partial charge in [0.1, 0.15) is 12.7 Å². The Morgan fingerprint density at radius 3 is 3.00 bits per heavy atom. The van der Waals surface area contributed by atoms with Gasteiger partial charge in [-0.2, -0.15) is 5.10 Å². The molecule has 0 bridgehead atoms. The highest BCUT2D eigenvalue weighted by molar-refractivity contribution is 7.89. The first kappa shape index (κ1) is 18.5. The van der Waals surface area contributed by atoms with Crippen molar-refractivity contribution < 1.29 is 17.9 Å². The van der Waals surface area contributed by atoms with Crippen LogP contribution in [0.1, 0.15) is 23.2 Å². The highest BCUT2D eigenvalue weighted by atomic mass is 32.2. The second kappa shape index (κ2) is 8.39. The van der Waals surface area contributed by atoms with Crippen LogP contribution in [0.4, 0.5) is 0 Å². The Morgan fingerprint density at radius 1 is 1.38 bits per heavy atom. The van der Waals surface area contributed by atoms with Crippen molar-refractivity contribution in [1.82, 2.24) is 24.8 Å². The third-order valence-electron chi connectivity index (χ3n) is 3.99. The molecule has 0 aliphatic carbocycles. The highest BCUT2D eigenvalue weighted by Crippen LogP contribution is 2.13. The first-order valence-electron chi connectivity index (χ1n) is 8.35. The number of aromatic nitrogens is 3. The van der Waals surface area contributed by atoms with Crippen molar-refractivity contribution in [3.05, 3.63) is 42.5 Å². The molecule has 1 amide bonds. The second-order valence-corrected chi connectivity index (χ2v) is 7.74. The van der Waals surface area contributed by atoms with Crippen molar-refractivity contribution in [1.29, 1.82) is 0 Å². The molecule has 26 heavy (non-hydrogen) atoms. The van der Waals surface area contributed by atoms with Crippen molar-refractivity contribution in [3.63, 3.8) is 0 Å². The molecule has 1 atom stereocenters. The predicted octanol–water partition coefficient (Wildman–Crippen LogP) is 0.165. The van der Waals surface area contributed by atoms with Crippen molar-refractivity contribution in [2.24, 2.45) is 0 Å². The minimum atomic E-state index is -3.68. The van der Waals surface area contributed by atoms with Gasteiger partial charge in [0.2, 0.25) is 10.0 Å². The van der Waals surface area contributed by atoms with Crippen molar-refractivity contribution in [2.75, 3.05) is 19.8 Å². The summed E-state index contributed by atoms with van der Waals surface area (Å²) < 4.78 is 34.2. The number of sulfonamides is 1. The molecule has 140 valence electrons. The van der Waals surface area contributed by atoms with Gasteiger partial charge < -0.3 is 10.1 Å². The predicted molar refractivity (Wildman–Crippen MR) is 93.0 cm³/mol. The zero-order valence-corrected chi connectivity index (χ0v) is 15.0. The van der Waals surface area contributed by atoms with Crippen LogP contribution in [-0.4, -0.2) is 54.9 Å². The maximum Gasteiger partial charge on any atom is 0.251 e. The molecule has 3 rings (SSSR count). The number of benzene rings is 1. The van der Waals surface area contributed by atoms with Gasteiger partial charge in [-0.05, 0) is 31.0 Å². The summed E-state index contributed by atoms with van der Waals surface area (Å²) in [6.45, 7) is 1.93. The summed E-state index contributed by atoms with van der Waals surface area (Å²) in [7, 11) is -3.68. The molecule has 2 N–H and O–H groups in total. The van der Waals surface area contributed by atoms with E-state index < -0.39 is 10.0 Å². The zero-order chi connectivity index (χ0) is 18.4. The molecular weight excluding hydrogens is 358 g/mol. The lowest BCUT2D eigenvalue weighted by atomic mass is 10.2. The summed E-state index contributed by atoms with van der Waals surface area (Å²) in [4.78, 5) is 16.2. The van der Waals surface area contributed by atoms with Crippen LogP contribution in [-0.2, 0) is 21.3 Å². The van der Waals surface area contributed by atoms with E-state index in [2.05, 4.69) is 20.1 Å². The minimum absolute atomic E-state index is 0.0299. The Labute approximate surface area is 151 Å². The summed E-state index contributed by atoms with van der Waals surface area (Å²) in [5, 5.41) is 6.80. The fourth-order valence-corrected chi connectivity index (χ4v) is 3.72. The summed E-state index contributed by atoms with van der Waals surface area (Å²) in [5.74, 6) is -0.302. The van der Waals surface area contributed by atoms with E-state index in [1.807, 2.05) is 0 Å². The standard InChI is InChI=1S/C16H21N5O4S/c22-16(20-14-5-8-25-10-14)13-3-1-4-15(9-13)26(23,24)19-6-2-7-21-12-17-11-18-21/h1,3-4,9,11-12,14,19H,2,5-8,10H2,(H,20,22)/t14-/m0/s1. The van der Waals surface area contributed by atoms with E-state index in [-0.39, 0.29) is 23.4 Å². The van der Waals surface area contributed by atoms with Gasteiger partial charge >= 0.3 is 0 Å². The summed E-state index contributed by atoms with van der Waals surface area (Å²) in [6.07, 6.45) is 4.34. The fourth-order valence-electron chi connectivity index (χ4n) is 2.60. The van der Waals surface area contributed by atoms with Gasteiger partial charge in [-0.1, -0.05) is 6.07 Å². The molecule has 1 saturated heterocycles. The number of carbonyl (C=O) groups excluding carboxylic acids is 1. The van der Waals surface area contributed by atoms with Crippen LogP contribution in [0.3, 0.4) is 0 Å². The average molecular weight is 379 g/mol. The maximum atomic E-state index is 12.4. The Kier molecular flexibility index (Phi) is 5.96. The van der Waals surface area contributed by atoms with E-state index >= 15 is 0 Å². The SMILES string of the molecule is O=C(N[C@H]1CCOC1)c1cccc(S(=O)(=O)NCCCn2cncn2)c1. The van der Waals surface area contributed by atoms with E-state index in [0.29, 0.717) is 31.7 Å². The fraction of sp³-hybridized carbons (Fsp3) is 0.438. The molecule has 1 aliphatic heterocycles. The number of aryl methyl sites for hydroxylation is 1. The van der Waals surface area contributed by atoms with Crippen LogP contribution >= 0.6 is 0 Å². The Bertz CT molecular complexity index is 832. The summed E-state index contributed by atoms with van der Waals surface area (Å²) in [5.41, 5.74) is 0.308. The molecule has 1 aliphatic rings. The topological polar surface area (TPSA) is 115 Å². The van der Waals surface area contributed by atoms with Gasteiger partial charge in [0.05, 0.1) is 17.5 Å². The van der Waals surface area contributed by atoms with Crippen LogP contribution in [0.5, 0.6) is 0 Å². The number of amides is 1. The summed E-state index contributed by atoms with van der Waals surface area (Å²) in [6, 6.07) is 5.97. The van der Waals surface area contributed by atoms with Crippen molar-refractivity contribution in [3.8, 4) is 0 Å². The number of carbonyl (C=O) groups is 1. The molecule has 1 aromatic carbocycles. The van der Waals surface area contributed by atoms with E-state index in [1.165, 1.54) is 18.5 Å². The van der Waals surface area contributed by atoms with Crippen molar-refractivity contribution >= 4 is 15.9 Å². The molecule has 0 spiro atoms. The lowest BCUT2D eigenvalue weighted by Crippen LogP contribution is -2.35. The molecule has 10 heteroatoms. The number of rotatable bonds is 8. The molecule has 0 unspecified atom stereocenters. The lowest BCUT2D eigenvalue weighted by molar-refractivity contribution is 0.0929. The molecule has 2 aromatic rings. The molecular formula is C16H21N5O4S. The molecule has 9 nitrogen and oxygen atoms in total. The quantitative estimate of drug-likeness (QED) is 0.632. The first-order chi connectivity index (χ1) is 12.5. The van der Waals surface area contributed by atoms with Crippen LogP contribution < -0.4 is 10.0 Å². The number of hydrogen-bond acceptors (Lipinski definition) is 6. The van der Waals surface area contributed by atoms with Crippen LogP contribution in [0.25, 0.3) is 0 Å². The van der Waals surface area contributed by atoms with Crippen LogP contribution in [0, 0.1) is 0 Å². The van der Waals surface area contributed by atoms with Crippen molar-refractivity contribution in [2.45, 2.75) is 30.3 Å². The molecule has 1 aromatic heterocycles. The Balaban J connectivity index is 1.57. The Hall–Kier alpha value is -2.30. The number of nitrogens with one attached hydrogen (secondary N) is 2. The van der Waals surface area contributed by atoms with E-state index in [1.54, 1.807) is 23.1 Å². The molecule has 1 fully saturated rings. The van der Waals surface area contributed by atoms with E-state index in [4.69, 9.17) is 4.74 Å². The van der Waals surface area contributed by atoms with E-state index in [0.717, 1.165) is 6.42 Å². The van der Waals surface area contributed by atoms with Gasteiger partial charge in [0.15, 0.2) is 0 Å². The second-order valence-electron chi connectivity index (χ2n) is 5.97. The normalized spacial score (nSPS) is 17.3. The summed E-state index contributed by atoms with van der Waals surface area (Å²) >= 11 is 0. The van der Waals surface area contributed by atoms with Gasteiger partial charge in [-0.3, -0.25) is 9.48 Å². The smallest absolute Gasteiger partial charge is 0.251 e. The minimum Gasteiger partial charge on any atom is -0.379 e. The third kappa shape index (κ3) is 4.87. The van der Waals surface area contributed by atoms with Gasteiger partial charge in [-0.25, -0.2) is 18.1 Å². The third-order valence-corrected chi connectivity index (χ3v) is 5.45. The van der Waals surface area contributed by atoms with Gasteiger partial charge in [0, 0.05) is 25.3 Å².